The molecule has 82 valence electrons. The predicted molar refractivity (Wildman–Crippen MR) is 59.6 cm³/mol. The van der Waals surface area contributed by atoms with Crippen LogP contribution in [-0.2, 0) is 9.53 Å². The van der Waals surface area contributed by atoms with Crippen LogP contribution < -0.4 is 5.32 Å². The maximum Gasteiger partial charge on any atom is 0.233 e. The molecular formula is C10H18BrNO2. The summed E-state index contributed by atoms with van der Waals surface area (Å²) in [6.45, 7) is 2.62. The van der Waals surface area contributed by atoms with Crippen LogP contribution in [0.4, 0.5) is 0 Å². The van der Waals surface area contributed by atoms with Crippen LogP contribution in [0.15, 0.2) is 0 Å². The van der Waals surface area contributed by atoms with Crippen LogP contribution in [-0.4, -0.2) is 30.0 Å². The number of halogens is 1. The number of amides is 1. The molecule has 1 unspecified atom stereocenters. The van der Waals surface area contributed by atoms with Crippen molar-refractivity contribution in [3.63, 3.8) is 0 Å². The zero-order valence-corrected chi connectivity index (χ0v) is 10.4. The minimum absolute atomic E-state index is 0.0656. The van der Waals surface area contributed by atoms with Gasteiger partial charge in [-0.3, -0.25) is 4.79 Å². The summed E-state index contributed by atoms with van der Waals surface area (Å²) in [6, 6.07) is 0. The van der Waals surface area contributed by atoms with E-state index in [-0.39, 0.29) is 16.3 Å². The first-order chi connectivity index (χ1) is 6.63. The molecule has 1 saturated carbocycles. The van der Waals surface area contributed by atoms with Gasteiger partial charge in [0.25, 0.3) is 0 Å². The van der Waals surface area contributed by atoms with Gasteiger partial charge in [-0.25, -0.2) is 0 Å². The maximum absolute atomic E-state index is 11.5. The Labute approximate surface area is 93.7 Å². The van der Waals surface area contributed by atoms with E-state index in [0.29, 0.717) is 6.54 Å². The van der Waals surface area contributed by atoms with Gasteiger partial charge in [0.1, 0.15) is 0 Å². The van der Waals surface area contributed by atoms with Gasteiger partial charge in [-0.2, -0.15) is 0 Å². The van der Waals surface area contributed by atoms with Crippen LogP contribution in [0.5, 0.6) is 0 Å². The Bertz CT molecular complexity index is 199. The van der Waals surface area contributed by atoms with Gasteiger partial charge >= 0.3 is 0 Å². The number of carbonyl (C=O) groups excluding carboxylic acids is 1. The Morgan fingerprint density at radius 1 is 1.64 bits per heavy atom. The Balaban J connectivity index is 2.28. The van der Waals surface area contributed by atoms with Crippen molar-refractivity contribution < 1.29 is 9.53 Å². The minimum atomic E-state index is -0.0733. The van der Waals surface area contributed by atoms with Gasteiger partial charge in [0, 0.05) is 13.7 Å². The van der Waals surface area contributed by atoms with E-state index >= 15 is 0 Å². The summed E-state index contributed by atoms with van der Waals surface area (Å²) in [4.78, 5) is 11.4. The molecule has 0 spiro atoms. The van der Waals surface area contributed by atoms with E-state index in [1.807, 2.05) is 6.92 Å². The van der Waals surface area contributed by atoms with Crippen LogP contribution in [0, 0.1) is 0 Å². The lowest BCUT2D eigenvalue weighted by Crippen LogP contribution is -2.50. The molecule has 0 radical (unpaired) electrons. The average molecular weight is 264 g/mol. The summed E-state index contributed by atoms with van der Waals surface area (Å²) >= 11 is 3.32. The van der Waals surface area contributed by atoms with Gasteiger partial charge in [-0.15, -0.1) is 0 Å². The quantitative estimate of drug-likeness (QED) is 0.769. The Hall–Kier alpha value is -0.0900. The van der Waals surface area contributed by atoms with E-state index in [0.717, 1.165) is 19.3 Å². The summed E-state index contributed by atoms with van der Waals surface area (Å²) in [5, 5.41) is 2.92. The third-order valence-electron chi connectivity index (χ3n) is 2.93. The highest BCUT2D eigenvalue weighted by molar-refractivity contribution is 9.10. The lowest BCUT2D eigenvalue weighted by molar-refractivity contribution is -0.124. The highest BCUT2D eigenvalue weighted by Crippen LogP contribution is 2.34. The van der Waals surface area contributed by atoms with E-state index in [2.05, 4.69) is 21.2 Å². The standard InChI is InChI=1S/C10H18BrNO2/c1-3-8(11)9(13)12-7-10(14-2)5-4-6-10/h8H,3-7H2,1-2H3,(H,12,13). The summed E-state index contributed by atoms with van der Waals surface area (Å²) in [5.74, 6) is 0.0656. The first-order valence-corrected chi connectivity index (χ1v) is 6.02. The highest BCUT2D eigenvalue weighted by Gasteiger charge is 2.37. The average Bonchev–Trinajstić information content (AvgIpc) is 2.15. The molecule has 0 bridgehead atoms. The fourth-order valence-corrected chi connectivity index (χ4v) is 1.73. The summed E-state index contributed by atoms with van der Waals surface area (Å²) in [5.41, 5.74) is -0.0733. The second-order valence-corrected chi connectivity index (χ2v) is 4.94. The molecule has 4 heteroatoms. The molecule has 0 aliphatic heterocycles. The predicted octanol–water partition coefficient (Wildman–Crippen LogP) is 1.85. The fraction of sp³-hybridized carbons (Fsp3) is 0.900. The highest BCUT2D eigenvalue weighted by atomic mass is 79.9. The van der Waals surface area contributed by atoms with E-state index in [1.54, 1.807) is 7.11 Å². The van der Waals surface area contributed by atoms with Gasteiger partial charge in [0.2, 0.25) is 5.91 Å². The molecule has 0 saturated heterocycles. The maximum atomic E-state index is 11.5. The van der Waals surface area contributed by atoms with Crippen molar-refractivity contribution in [2.45, 2.75) is 43.0 Å². The summed E-state index contributed by atoms with van der Waals surface area (Å²) in [6.07, 6.45) is 4.13. The number of rotatable bonds is 5. The van der Waals surface area contributed by atoms with E-state index in [1.165, 1.54) is 6.42 Å². The van der Waals surface area contributed by atoms with Crippen LogP contribution in [0.3, 0.4) is 0 Å². The molecule has 3 nitrogen and oxygen atoms in total. The lowest BCUT2D eigenvalue weighted by Gasteiger charge is -2.40. The van der Waals surface area contributed by atoms with E-state index in [4.69, 9.17) is 4.74 Å². The number of hydrogen-bond acceptors (Lipinski definition) is 2. The number of nitrogens with one attached hydrogen (secondary N) is 1. The topological polar surface area (TPSA) is 38.3 Å². The Morgan fingerprint density at radius 2 is 2.29 bits per heavy atom. The lowest BCUT2D eigenvalue weighted by atomic mass is 9.80. The third kappa shape index (κ3) is 2.70. The largest absolute Gasteiger partial charge is 0.376 e. The summed E-state index contributed by atoms with van der Waals surface area (Å²) in [7, 11) is 1.72. The van der Waals surface area contributed by atoms with Crippen LogP contribution in [0.1, 0.15) is 32.6 Å². The molecule has 1 aliphatic rings. The van der Waals surface area contributed by atoms with Crippen molar-refractivity contribution in [3.05, 3.63) is 0 Å². The van der Waals surface area contributed by atoms with Gasteiger partial charge in [0.05, 0.1) is 10.4 Å². The van der Waals surface area contributed by atoms with Crippen LogP contribution in [0.25, 0.3) is 0 Å². The smallest absolute Gasteiger partial charge is 0.233 e. The third-order valence-corrected chi connectivity index (χ3v) is 3.99. The van der Waals surface area contributed by atoms with Gasteiger partial charge in [0.15, 0.2) is 0 Å². The Kier molecular flexibility index (Phi) is 4.38. The molecule has 0 aromatic heterocycles. The number of methoxy groups -OCH3 is 1. The number of carbonyl (C=O) groups is 1. The molecule has 0 aromatic carbocycles. The van der Waals surface area contributed by atoms with Crippen molar-refractivity contribution in [1.29, 1.82) is 0 Å². The van der Waals surface area contributed by atoms with Crippen molar-refractivity contribution in [1.82, 2.24) is 5.32 Å². The first kappa shape index (κ1) is 12.0. The first-order valence-electron chi connectivity index (χ1n) is 5.10. The van der Waals surface area contributed by atoms with Crippen molar-refractivity contribution >= 4 is 21.8 Å². The second-order valence-electron chi connectivity index (χ2n) is 3.83. The van der Waals surface area contributed by atoms with Crippen LogP contribution in [0.2, 0.25) is 0 Å². The van der Waals surface area contributed by atoms with Crippen molar-refractivity contribution in [2.75, 3.05) is 13.7 Å². The van der Waals surface area contributed by atoms with Crippen LogP contribution >= 0.6 is 15.9 Å². The molecule has 14 heavy (non-hydrogen) atoms. The van der Waals surface area contributed by atoms with Gasteiger partial charge < -0.3 is 10.1 Å². The molecule has 1 amide bonds. The SMILES string of the molecule is CCC(Br)C(=O)NCC1(OC)CCC1. The van der Waals surface area contributed by atoms with Crippen molar-refractivity contribution in [2.24, 2.45) is 0 Å². The number of ether oxygens (including phenoxy) is 1. The minimum Gasteiger partial charge on any atom is -0.376 e. The Morgan fingerprint density at radius 3 is 2.64 bits per heavy atom. The zero-order valence-electron chi connectivity index (χ0n) is 8.81. The molecule has 1 aliphatic carbocycles. The molecule has 0 heterocycles. The molecular weight excluding hydrogens is 246 g/mol. The van der Waals surface area contributed by atoms with Gasteiger partial charge in [-0.05, 0) is 25.7 Å². The number of alkyl halides is 1. The monoisotopic (exact) mass is 263 g/mol. The van der Waals surface area contributed by atoms with Crippen molar-refractivity contribution in [3.8, 4) is 0 Å². The molecule has 1 atom stereocenters. The van der Waals surface area contributed by atoms with E-state index in [9.17, 15) is 4.79 Å². The van der Waals surface area contributed by atoms with E-state index < -0.39 is 0 Å². The molecule has 1 N–H and O–H groups in total. The molecule has 1 rings (SSSR count). The number of hydrogen-bond donors (Lipinski definition) is 1. The fourth-order valence-electron chi connectivity index (χ4n) is 1.57. The summed E-state index contributed by atoms with van der Waals surface area (Å²) < 4.78 is 5.41. The second kappa shape index (κ2) is 5.12. The molecule has 0 aromatic rings. The normalized spacial score (nSPS) is 21.1. The zero-order chi connectivity index (χ0) is 10.6. The molecule has 1 fully saturated rings. The van der Waals surface area contributed by atoms with Gasteiger partial charge in [-0.1, -0.05) is 22.9 Å².